The quantitative estimate of drug-likeness (QED) is 0.574. The van der Waals surface area contributed by atoms with E-state index in [-0.39, 0.29) is 5.56 Å². The highest BCUT2D eigenvalue weighted by molar-refractivity contribution is 6.05. The van der Waals surface area contributed by atoms with Gasteiger partial charge in [0.2, 0.25) is 0 Å². The predicted molar refractivity (Wildman–Crippen MR) is 91.9 cm³/mol. The second-order valence-corrected chi connectivity index (χ2v) is 5.34. The van der Waals surface area contributed by atoms with Gasteiger partial charge in [-0.25, -0.2) is 4.98 Å². The molecule has 0 aliphatic carbocycles. The minimum atomic E-state index is -0.124. The molecule has 4 aromatic rings. The lowest BCUT2D eigenvalue weighted by molar-refractivity contribution is 0.415. The summed E-state index contributed by atoms with van der Waals surface area (Å²) in [6.45, 7) is 0. The molecule has 0 saturated carbocycles. The van der Waals surface area contributed by atoms with Crippen molar-refractivity contribution in [3.63, 3.8) is 0 Å². The number of aromatic amines is 1. The van der Waals surface area contributed by atoms with Crippen LogP contribution in [0.2, 0.25) is 0 Å². The van der Waals surface area contributed by atoms with Crippen molar-refractivity contribution in [1.29, 1.82) is 0 Å². The number of fused-ring (bicyclic) bond motifs is 3. The highest BCUT2D eigenvalue weighted by Crippen LogP contribution is 2.27. The molecule has 0 spiro atoms. The molecule has 4 nitrogen and oxygen atoms in total. The van der Waals surface area contributed by atoms with Gasteiger partial charge in [0.15, 0.2) is 0 Å². The van der Waals surface area contributed by atoms with Crippen molar-refractivity contribution in [2.75, 3.05) is 7.11 Å². The molecule has 4 heteroatoms. The first-order valence-electron chi connectivity index (χ1n) is 7.31. The van der Waals surface area contributed by atoms with E-state index in [2.05, 4.69) is 9.97 Å². The number of ether oxygens (including phenoxy) is 1. The molecule has 0 amide bonds. The molecule has 2 aromatic heterocycles. The Labute approximate surface area is 132 Å². The Bertz CT molecular complexity index is 1070. The van der Waals surface area contributed by atoms with Crippen LogP contribution >= 0.6 is 0 Å². The summed E-state index contributed by atoms with van der Waals surface area (Å²) in [6.07, 6.45) is 1.68. The molecule has 0 atom stereocenters. The molecule has 0 saturated heterocycles. The van der Waals surface area contributed by atoms with Crippen molar-refractivity contribution in [2.45, 2.75) is 0 Å². The van der Waals surface area contributed by atoms with E-state index in [9.17, 15) is 4.79 Å². The third kappa shape index (κ3) is 2.25. The molecule has 2 heterocycles. The van der Waals surface area contributed by atoms with Crippen LogP contribution in [0, 0.1) is 0 Å². The van der Waals surface area contributed by atoms with Gasteiger partial charge in [-0.3, -0.25) is 4.79 Å². The predicted octanol–water partition coefficient (Wildman–Crippen LogP) is 3.75. The maximum absolute atomic E-state index is 12.4. The summed E-state index contributed by atoms with van der Waals surface area (Å²) in [6, 6.07) is 17.5. The van der Waals surface area contributed by atoms with Crippen LogP contribution in [0.1, 0.15) is 0 Å². The highest BCUT2D eigenvalue weighted by atomic mass is 16.5. The number of pyridine rings is 2. The minimum absolute atomic E-state index is 0.124. The molecule has 0 bridgehead atoms. The maximum Gasteiger partial charge on any atom is 0.257 e. The Kier molecular flexibility index (Phi) is 3.08. The Morgan fingerprint density at radius 1 is 0.913 bits per heavy atom. The summed E-state index contributed by atoms with van der Waals surface area (Å²) in [5.41, 5.74) is 2.52. The van der Waals surface area contributed by atoms with E-state index in [1.165, 1.54) is 0 Å². The first-order valence-corrected chi connectivity index (χ1v) is 7.31. The van der Waals surface area contributed by atoms with Crippen molar-refractivity contribution >= 4 is 21.8 Å². The third-order valence-corrected chi connectivity index (χ3v) is 4.02. The van der Waals surface area contributed by atoms with Crippen molar-refractivity contribution < 1.29 is 4.74 Å². The number of H-pyrrole nitrogens is 1. The summed E-state index contributed by atoms with van der Waals surface area (Å²) in [5.74, 6) is 0.810. The van der Waals surface area contributed by atoms with Gasteiger partial charge < -0.3 is 9.72 Å². The van der Waals surface area contributed by atoms with Crippen LogP contribution < -0.4 is 10.3 Å². The van der Waals surface area contributed by atoms with Gasteiger partial charge in [0.05, 0.1) is 7.11 Å². The lowest BCUT2D eigenvalue weighted by atomic mass is 10.0. The smallest absolute Gasteiger partial charge is 0.257 e. The zero-order valence-corrected chi connectivity index (χ0v) is 12.5. The number of aromatic nitrogens is 2. The van der Waals surface area contributed by atoms with Crippen LogP contribution in [0.3, 0.4) is 0 Å². The molecule has 0 radical (unpaired) electrons. The Morgan fingerprint density at radius 3 is 2.48 bits per heavy atom. The fourth-order valence-corrected chi connectivity index (χ4v) is 2.83. The molecule has 0 fully saturated rings. The van der Waals surface area contributed by atoms with Crippen LogP contribution in [-0.2, 0) is 0 Å². The molecule has 0 unspecified atom stereocenters. The van der Waals surface area contributed by atoms with E-state index < -0.39 is 0 Å². The number of benzene rings is 2. The van der Waals surface area contributed by atoms with Crippen LogP contribution in [-0.4, -0.2) is 17.1 Å². The van der Waals surface area contributed by atoms with Crippen LogP contribution in [0.5, 0.6) is 5.75 Å². The molecule has 0 aliphatic rings. The topological polar surface area (TPSA) is 55.0 Å². The average molecular weight is 302 g/mol. The van der Waals surface area contributed by atoms with Crippen LogP contribution in [0.25, 0.3) is 32.9 Å². The molecule has 2 aromatic carbocycles. The first-order chi connectivity index (χ1) is 11.3. The van der Waals surface area contributed by atoms with Gasteiger partial charge in [0.1, 0.15) is 11.4 Å². The second-order valence-electron chi connectivity index (χ2n) is 5.34. The SMILES string of the molecule is COc1ccc(-c2ccc3c(c2)c(=O)[nH]c2ncccc23)cc1. The first kappa shape index (κ1) is 13.5. The minimum Gasteiger partial charge on any atom is -0.497 e. The summed E-state index contributed by atoms with van der Waals surface area (Å²) in [5, 5.41) is 2.52. The van der Waals surface area contributed by atoms with Crippen molar-refractivity contribution in [1.82, 2.24) is 9.97 Å². The summed E-state index contributed by atoms with van der Waals surface area (Å²) in [7, 11) is 1.64. The van der Waals surface area contributed by atoms with Gasteiger partial charge in [0.25, 0.3) is 5.56 Å². The molecule has 4 rings (SSSR count). The van der Waals surface area contributed by atoms with Gasteiger partial charge in [-0.1, -0.05) is 24.3 Å². The summed E-state index contributed by atoms with van der Waals surface area (Å²) < 4.78 is 5.18. The molecular formula is C19H14N2O2. The standard InChI is InChI=1S/C19H14N2O2/c1-23-14-7-4-12(5-8-14)13-6-9-15-16-3-2-10-20-18(16)21-19(22)17(15)11-13/h2-11H,1H3,(H,20,21,22). The van der Waals surface area contributed by atoms with Crippen molar-refractivity contribution in [3.05, 3.63) is 71.1 Å². The number of hydrogen-bond acceptors (Lipinski definition) is 3. The lowest BCUT2D eigenvalue weighted by Crippen LogP contribution is -2.07. The number of hydrogen-bond donors (Lipinski definition) is 1. The fourth-order valence-electron chi connectivity index (χ4n) is 2.83. The molecule has 23 heavy (non-hydrogen) atoms. The van der Waals surface area contributed by atoms with E-state index >= 15 is 0 Å². The molecule has 1 N–H and O–H groups in total. The highest BCUT2D eigenvalue weighted by Gasteiger charge is 2.07. The molecule has 112 valence electrons. The van der Waals surface area contributed by atoms with Gasteiger partial charge in [-0.15, -0.1) is 0 Å². The third-order valence-electron chi connectivity index (χ3n) is 4.02. The number of methoxy groups -OCH3 is 1. The molecule has 0 aliphatic heterocycles. The lowest BCUT2D eigenvalue weighted by Gasteiger charge is -2.07. The van der Waals surface area contributed by atoms with Gasteiger partial charge in [-0.2, -0.15) is 0 Å². The van der Waals surface area contributed by atoms with Crippen molar-refractivity contribution in [3.8, 4) is 16.9 Å². The average Bonchev–Trinajstić information content (AvgIpc) is 2.62. The van der Waals surface area contributed by atoms with Gasteiger partial charge >= 0.3 is 0 Å². The fraction of sp³-hybridized carbons (Fsp3) is 0.0526. The Balaban J connectivity index is 1.95. The van der Waals surface area contributed by atoms with E-state index in [4.69, 9.17) is 4.74 Å². The van der Waals surface area contributed by atoms with E-state index in [1.807, 2.05) is 54.6 Å². The van der Waals surface area contributed by atoms with Gasteiger partial charge in [0, 0.05) is 17.0 Å². The largest absolute Gasteiger partial charge is 0.497 e. The second kappa shape index (κ2) is 5.25. The summed E-state index contributed by atoms with van der Waals surface area (Å²) >= 11 is 0. The van der Waals surface area contributed by atoms with Crippen molar-refractivity contribution in [2.24, 2.45) is 0 Å². The zero-order chi connectivity index (χ0) is 15.8. The van der Waals surface area contributed by atoms with Crippen LogP contribution in [0.15, 0.2) is 65.6 Å². The van der Waals surface area contributed by atoms with E-state index in [0.29, 0.717) is 11.0 Å². The monoisotopic (exact) mass is 302 g/mol. The number of rotatable bonds is 2. The Hall–Kier alpha value is -3.14. The van der Waals surface area contributed by atoms with Gasteiger partial charge in [-0.05, 0) is 46.8 Å². The van der Waals surface area contributed by atoms with Crippen LogP contribution in [0.4, 0.5) is 0 Å². The van der Waals surface area contributed by atoms with E-state index in [0.717, 1.165) is 27.6 Å². The number of nitrogens with one attached hydrogen (secondary N) is 1. The zero-order valence-electron chi connectivity index (χ0n) is 12.5. The van der Waals surface area contributed by atoms with E-state index in [1.54, 1.807) is 13.3 Å². The Morgan fingerprint density at radius 2 is 1.70 bits per heavy atom. The molecular weight excluding hydrogens is 288 g/mol. The number of nitrogens with zero attached hydrogens (tertiary/aromatic N) is 1. The maximum atomic E-state index is 12.4. The normalized spacial score (nSPS) is 11.0. The summed E-state index contributed by atoms with van der Waals surface area (Å²) in [4.78, 5) is 19.4.